The lowest BCUT2D eigenvalue weighted by molar-refractivity contribution is -0.141. The molecule has 10 atom stereocenters. The summed E-state index contributed by atoms with van der Waals surface area (Å²) in [6.07, 6.45) is 2.24. The second kappa shape index (κ2) is 39.5. The highest BCUT2D eigenvalue weighted by molar-refractivity contribution is 7.80. The molecule has 0 aliphatic rings. The second-order valence-corrected chi connectivity index (χ2v) is 27.3. The number of carboxylic acids is 1. The maximum absolute atomic E-state index is 15.2. The fourth-order valence-corrected chi connectivity index (χ4v) is 12.0. The van der Waals surface area contributed by atoms with Crippen LogP contribution in [0.2, 0.25) is 0 Å². The van der Waals surface area contributed by atoms with Crippen LogP contribution in [0, 0.1) is 5.92 Å². The quantitative estimate of drug-likeness (QED) is 0.0219. The number of nitrogens with one attached hydrogen (secondary N) is 14. The van der Waals surface area contributed by atoms with Gasteiger partial charge in [0.1, 0.15) is 71.7 Å². The van der Waals surface area contributed by atoms with Gasteiger partial charge in [0.15, 0.2) is 0 Å². The zero-order valence-corrected chi connectivity index (χ0v) is 61.8. The average molecular weight is 1520 g/mol. The number of hydrogen-bond donors (Lipinski definition) is 19. The first-order valence-electron chi connectivity index (χ1n) is 34.5. The smallest absolute Gasteiger partial charge is 0.305 e. The summed E-state index contributed by atoms with van der Waals surface area (Å²) >= 11 is 8.49. The first-order valence-corrected chi connectivity index (χ1v) is 35.7. The SMILES string of the molecule is CC(=O)N[C@@H](CS)C(=O)N[C@@H](C)C(=O)N[C@@H](CC(=O)O)C(=O)N[C@@H](Cc1c[nH]c2ccccc12)C(=O)N[C@H](C(=O)N[C@@H](CS)C(=O)N[C@@H](Cc1ccc(O)cc1)C(=O)N[C@@H](Cc1cccc2ccccc12)C(=O)N[C@@H](Cc1cnc[nH]1)C(=O)NC(C)(C)C(=O)N[C@@H](Cc1ccccc1)C(=O)NCC(N)=O)C(C)C. The second-order valence-electron chi connectivity index (χ2n) is 26.6. The number of fused-ring (bicyclic) bond motifs is 2. The van der Waals surface area contributed by atoms with E-state index in [1.54, 1.807) is 92.8 Å². The van der Waals surface area contributed by atoms with E-state index in [2.05, 4.69) is 104 Å². The van der Waals surface area contributed by atoms with E-state index in [1.165, 1.54) is 64.5 Å². The van der Waals surface area contributed by atoms with Gasteiger partial charge in [0.05, 0.1) is 19.3 Å². The molecule has 108 heavy (non-hydrogen) atoms. The van der Waals surface area contributed by atoms with Crippen LogP contribution in [0.15, 0.2) is 140 Å². The van der Waals surface area contributed by atoms with Gasteiger partial charge in [-0.2, -0.15) is 25.3 Å². The number of phenols is 1. The van der Waals surface area contributed by atoms with Crippen molar-refractivity contribution in [2.45, 2.75) is 146 Å². The van der Waals surface area contributed by atoms with Crippen LogP contribution in [0.3, 0.4) is 0 Å². The lowest BCUT2D eigenvalue weighted by atomic mass is 9.97. The standard InChI is InChI=1S/C74H90N16O16S2/c1-39(2)62(89-68(101)55(30-46-33-77-51-22-13-12-21-50(46)51)85-67(100)57(32-61(94)95)82-63(96)40(3)80-69(102)58(36-107)81-41(4)91)72(105)87-59(37-108)70(103)83-53(28-43-23-25-48(92)26-24-43)65(98)84-54(29-45-19-14-18-44-17-10-11-20-49(44)45)66(99)86-56(31-47-34-76-38-79-47)71(104)90-74(5,6)73(106)88-52(64(97)78-35-60(75)93)27-42-15-8-7-9-16-42/h7-26,33-34,38-40,52-59,62,77,92,107-108H,27-32,35-37H2,1-6H3,(H2,75,93)(H,76,79)(H,78,97)(H,80,102)(H,81,91)(H,82,96)(H,83,103)(H,84,98)(H,85,100)(H,86,99)(H,87,105)(H,88,106)(H,89,101)(H,90,104)(H,94,95)/t40-,52-,53-,54-,55-,56-,57-,58-,59-,62-/m0/s1. The van der Waals surface area contributed by atoms with E-state index in [0.29, 0.717) is 44.2 Å². The lowest BCUT2D eigenvalue weighted by Gasteiger charge is -2.31. The minimum Gasteiger partial charge on any atom is -0.508 e. The summed E-state index contributed by atoms with van der Waals surface area (Å²) < 4.78 is 0. The Morgan fingerprint density at radius 2 is 0.991 bits per heavy atom. The van der Waals surface area contributed by atoms with Crippen molar-refractivity contribution in [2.75, 3.05) is 18.1 Å². The zero-order valence-electron chi connectivity index (χ0n) is 60.0. The molecule has 0 aliphatic heterocycles. The molecule has 0 fully saturated rings. The Kier molecular flexibility index (Phi) is 30.5. The van der Waals surface area contributed by atoms with Gasteiger partial charge in [-0.3, -0.25) is 67.1 Å². The van der Waals surface area contributed by atoms with Gasteiger partial charge in [-0.05, 0) is 77.9 Å². The lowest BCUT2D eigenvalue weighted by Crippen LogP contribution is -2.63. The highest BCUT2D eigenvalue weighted by atomic mass is 32.1. The number of aromatic amines is 2. The molecule has 0 spiro atoms. The number of para-hydroxylation sites is 1. The zero-order chi connectivity index (χ0) is 78.9. The van der Waals surface area contributed by atoms with Gasteiger partial charge in [0.2, 0.25) is 76.8 Å². The first kappa shape index (κ1) is 83.5. The molecular weight excluding hydrogens is 1430 g/mol. The van der Waals surface area contributed by atoms with Crippen molar-refractivity contribution in [3.8, 4) is 5.75 Å². The number of H-pyrrole nitrogens is 2. The van der Waals surface area contributed by atoms with Crippen molar-refractivity contribution in [2.24, 2.45) is 11.7 Å². The van der Waals surface area contributed by atoms with Gasteiger partial charge in [0.25, 0.3) is 0 Å². The van der Waals surface area contributed by atoms with Crippen molar-refractivity contribution < 1.29 is 77.3 Å². The molecule has 7 aromatic rings. The number of aromatic nitrogens is 3. The number of aromatic hydroxyl groups is 1. The molecule has 13 amide bonds. The van der Waals surface area contributed by atoms with Gasteiger partial charge in [0, 0.05) is 79.5 Å². The number of carbonyl (C=O) groups excluding carboxylic acids is 13. The van der Waals surface area contributed by atoms with Crippen LogP contribution >= 0.6 is 25.3 Å². The van der Waals surface area contributed by atoms with Gasteiger partial charge in [-0.25, -0.2) is 4.98 Å². The fraction of sp³-hybridized carbons (Fsp3) is 0.365. The molecule has 0 aliphatic carbocycles. The van der Waals surface area contributed by atoms with E-state index in [-0.39, 0.29) is 43.6 Å². The van der Waals surface area contributed by atoms with E-state index in [9.17, 15) is 67.7 Å². The van der Waals surface area contributed by atoms with Crippen LogP contribution in [0.25, 0.3) is 21.7 Å². The summed E-state index contributed by atoms with van der Waals surface area (Å²) in [5.74, 6) is -14.6. The number of benzene rings is 5. The van der Waals surface area contributed by atoms with E-state index in [1.807, 2.05) is 24.3 Å². The molecule has 0 bridgehead atoms. The molecular formula is C74H90N16O16S2. The van der Waals surface area contributed by atoms with Crippen molar-refractivity contribution in [1.29, 1.82) is 0 Å². The Morgan fingerprint density at radius 1 is 0.491 bits per heavy atom. The molecule has 34 heteroatoms. The van der Waals surface area contributed by atoms with E-state index >= 15 is 9.59 Å². The first-order chi connectivity index (χ1) is 51.3. The van der Waals surface area contributed by atoms with Crippen LogP contribution in [0.1, 0.15) is 75.9 Å². The molecule has 2 aromatic heterocycles. The maximum atomic E-state index is 15.2. The Hall–Kier alpha value is -11.8. The van der Waals surface area contributed by atoms with Crippen LogP contribution in [0.5, 0.6) is 5.75 Å². The van der Waals surface area contributed by atoms with Gasteiger partial charge < -0.3 is 89.7 Å². The van der Waals surface area contributed by atoms with Crippen molar-refractivity contribution in [3.05, 3.63) is 168 Å². The molecule has 0 radical (unpaired) electrons. The summed E-state index contributed by atoms with van der Waals surface area (Å²) in [7, 11) is 0. The van der Waals surface area contributed by atoms with Gasteiger partial charge >= 0.3 is 5.97 Å². The van der Waals surface area contributed by atoms with Crippen LogP contribution < -0.4 is 69.5 Å². The Balaban J connectivity index is 1.14. The molecule has 0 saturated heterocycles. The summed E-state index contributed by atoms with van der Waals surface area (Å²) in [5.41, 5.74) is 6.58. The summed E-state index contributed by atoms with van der Waals surface area (Å²) in [6, 6.07) is 18.8. The van der Waals surface area contributed by atoms with Crippen LogP contribution in [-0.4, -0.2) is 192 Å². The molecule has 0 unspecified atom stereocenters. The number of carboxylic acid groups (broad SMARTS) is 1. The third-order valence-electron chi connectivity index (χ3n) is 17.3. The van der Waals surface area contributed by atoms with Gasteiger partial charge in [-0.15, -0.1) is 0 Å². The third kappa shape index (κ3) is 24.6. The number of aliphatic carboxylic acids is 1. The van der Waals surface area contributed by atoms with E-state index in [4.69, 9.17) is 5.73 Å². The molecule has 5 aromatic carbocycles. The predicted molar refractivity (Wildman–Crippen MR) is 404 cm³/mol. The number of primary amides is 1. The molecule has 7 rings (SSSR count). The number of hydrogen-bond acceptors (Lipinski definition) is 18. The highest BCUT2D eigenvalue weighted by Gasteiger charge is 2.39. The molecule has 2 heterocycles. The normalized spacial score (nSPS) is 14.0. The fourth-order valence-electron chi connectivity index (χ4n) is 11.5. The Bertz CT molecular complexity index is 4380. The Morgan fingerprint density at radius 3 is 1.58 bits per heavy atom. The number of nitrogens with zero attached hydrogens (tertiary/aromatic N) is 1. The van der Waals surface area contributed by atoms with Crippen molar-refractivity contribution in [3.63, 3.8) is 0 Å². The number of nitrogens with two attached hydrogens (primary N) is 1. The van der Waals surface area contributed by atoms with E-state index in [0.717, 1.165) is 5.39 Å². The molecule has 0 saturated carbocycles. The Labute approximate surface area is 632 Å². The minimum atomic E-state index is -1.85. The monoisotopic (exact) mass is 1520 g/mol. The highest BCUT2D eigenvalue weighted by Crippen LogP contribution is 2.23. The third-order valence-corrected chi connectivity index (χ3v) is 18.1. The summed E-state index contributed by atoms with van der Waals surface area (Å²) in [4.78, 5) is 203. The molecule has 32 nitrogen and oxygen atoms in total. The number of rotatable bonds is 39. The number of phenolic OH excluding ortho intramolecular Hbond substituents is 1. The van der Waals surface area contributed by atoms with Crippen LogP contribution in [0.4, 0.5) is 0 Å². The van der Waals surface area contributed by atoms with Crippen LogP contribution in [-0.2, 0) is 99.2 Å². The summed E-state index contributed by atoms with van der Waals surface area (Å²) in [5, 5.41) is 53.2. The number of amides is 13. The molecule has 18 N–H and O–H groups in total. The summed E-state index contributed by atoms with van der Waals surface area (Å²) in [6.45, 7) is 7.76. The number of carbonyl (C=O) groups is 14. The van der Waals surface area contributed by atoms with Crippen molar-refractivity contribution >= 4 is 130 Å². The predicted octanol–water partition coefficient (Wildman–Crippen LogP) is -0.363. The number of thiol groups is 2. The average Bonchev–Trinajstić information content (AvgIpc) is 1.69. The minimum absolute atomic E-state index is 0.0268. The van der Waals surface area contributed by atoms with Crippen molar-refractivity contribution in [1.82, 2.24) is 78.8 Å². The topological polar surface area (TPSA) is 494 Å². The largest absolute Gasteiger partial charge is 0.508 e. The maximum Gasteiger partial charge on any atom is 0.305 e. The molecule has 574 valence electrons. The number of imidazole rings is 1. The van der Waals surface area contributed by atoms with Gasteiger partial charge in [-0.1, -0.05) is 117 Å². The van der Waals surface area contributed by atoms with E-state index < -0.39 is 173 Å².